The number of hydrazone groups is 1. The highest BCUT2D eigenvalue weighted by atomic mass is 79.9. The van der Waals surface area contributed by atoms with Gasteiger partial charge in [-0.15, -0.1) is 0 Å². The molecule has 1 aromatic carbocycles. The van der Waals surface area contributed by atoms with Gasteiger partial charge in [-0.25, -0.2) is 10.2 Å². The molecule has 0 aliphatic rings. The van der Waals surface area contributed by atoms with E-state index in [0.717, 1.165) is 33.8 Å². The van der Waals surface area contributed by atoms with Crippen molar-refractivity contribution in [1.82, 2.24) is 10.4 Å². The maximum absolute atomic E-state index is 11.3. The van der Waals surface area contributed by atoms with Crippen LogP contribution in [0.3, 0.4) is 0 Å². The number of hydrogen-bond donors (Lipinski definition) is 2. The van der Waals surface area contributed by atoms with Crippen LogP contribution in [-0.4, -0.2) is 23.9 Å². The summed E-state index contributed by atoms with van der Waals surface area (Å²) in [6, 6.07) is 5.93. The number of fused-ring (bicyclic) bond motifs is 1. The highest BCUT2D eigenvalue weighted by molar-refractivity contribution is 9.10. The van der Waals surface area contributed by atoms with Crippen molar-refractivity contribution in [1.29, 1.82) is 0 Å². The molecule has 0 saturated heterocycles. The van der Waals surface area contributed by atoms with Crippen molar-refractivity contribution in [3.63, 3.8) is 0 Å². The van der Waals surface area contributed by atoms with Gasteiger partial charge in [0.25, 0.3) is 0 Å². The quantitative estimate of drug-likeness (QED) is 0.495. The summed E-state index contributed by atoms with van der Waals surface area (Å²) in [5, 5.41) is 4.92. The zero-order valence-electron chi connectivity index (χ0n) is 11.1. The number of benzene rings is 1. The lowest BCUT2D eigenvalue weighted by Gasteiger charge is -2.01. The van der Waals surface area contributed by atoms with Gasteiger partial charge in [-0.05, 0) is 24.6 Å². The molecular weight excluding hydrogens is 322 g/mol. The third-order valence-corrected chi connectivity index (χ3v) is 3.26. The van der Waals surface area contributed by atoms with Crippen LogP contribution in [0, 0.1) is 0 Å². The van der Waals surface area contributed by atoms with Crippen LogP contribution in [-0.2, 0) is 4.74 Å². The normalized spacial score (nSPS) is 11.1. The first kappa shape index (κ1) is 14.6. The van der Waals surface area contributed by atoms with Crippen molar-refractivity contribution in [2.45, 2.75) is 19.8 Å². The molecule has 20 heavy (non-hydrogen) atoms. The molecule has 0 bridgehead atoms. The molecule has 2 rings (SSSR count). The van der Waals surface area contributed by atoms with Crippen LogP contribution < -0.4 is 5.43 Å². The zero-order valence-corrected chi connectivity index (χ0v) is 12.7. The van der Waals surface area contributed by atoms with Gasteiger partial charge in [0.05, 0.1) is 12.8 Å². The summed E-state index contributed by atoms with van der Waals surface area (Å²) in [6.45, 7) is 2.45. The number of halogens is 1. The number of aromatic amines is 1. The van der Waals surface area contributed by atoms with Gasteiger partial charge in [-0.1, -0.05) is 29.3 Å². The molecule has 6 heteroatoms. The highest BCUT2D eigenvalue weighted by Gasteiger charge is 2.02. The number of amides is 1. The largest absolute Gasteiger partial charge is 0.448 e. The van der Waals surface area contributed by atoms with Gasteiger partial charge in [-0.2, -0.15) is 5.10 Å². The van der Waals surface area contributed by atoms with E-state index in [2.05, 4.69) is 31.4 Å². The van der Waals surface area contributed by atoms with Crippen molar-refractivity contribution >= 4 is 39.1 Å². The predicted octanol–water partition coefficient (Wildman–Crippen LogP) is 3.79. The van der Waals surface area contributed by atoms with Crippen LogP contribution >= 0.6 is 15.9 Å². The molecule has 0 fully saturated rings. The molecule has 106 valence electrons. The minimum Gasteiger partial charge on any atom is -0.448 e. The van der Waals surface area contributed by atoms with Crippen LogP contribution in [0.25, 0.3) is 10.9 Å². The van der Waals surface area contributed by atoms with Gasteiger partial charge in [0, 0.05) is 27.1 Å². The molecule has 0 aliphatic heterocycles. The average molecular weight is 338 g/mol. The van der Waals surface area contributed by atoms with Crippen molar-refractivity contribution in [3.8, 4) is 0 Å². The van der Waals surface area contributed by atoms with Crippen LogP contribution in [0.4, 0.5) is 4.79 Å². The smallest absolute Gasteiger partial charge is 0.427 e. The highest BCUT2D eigenvalue weighted by Crippen LogP contribution is 2.21. The topological polar surface area (TPSA) is 66.5 Å². The summed E-state index contributed by atoms with van der Waals surface area (Å²) < 4.78 is 5.92. The lowest BCUT2D eigenvalue weighted by Crippen LogP contribution is -2.19. The Labute approximate surface area is 125 Å². The molecular formula is C14H16BrN3O2. The molecule has 0 aliphatic carbocycles. The standard InChI is InChI=1S/C14H16BrN3O2/c1-2-3-6-20-14(19)18-17-9-10-8-16-13-5-4-11(15)7-12(10)13/h4-5,7-9,16H,2-3,6H2,1H3,(H,18,19)/b17-9+. The van der Waals surface area contributed by atoms with Crippen molar-refractivity contribution < 1.29 is 9.53 Å². The number of carbonyl (C=O) groups excluding carboxylic acids is 1. The number of ether oxygens (including phenoxy) is 1. The number of unbranched alkanes of at least 4 members (excludes halogenated alkanes) is 1. The van der Waals surface area contributed by atoms with Crippen LogP contribution in [0.1, 0.15) is 25.3 Å². The summed E-state index contributed by atoms with van der Waals surface area (Å²) in [5.41, 5.74) is 4.25. The van der Waals surface area contributed by atoms with Crippen LogP contribution in [0.2, 0.25) is 0 Å². The Bertz CT molecular complexity index is 622. The van der Waals surface area contributed by atoms with Gasteiger partial charge < -0.3 is 9.72 Å². The Kier molecular flexibility index (Phi) is 5.17. The van der Waals surface area contributed by atoms with E-state index < -0.39 is 6.09 Å². The van der Waals surface area contributed by atoms with Crippen molar-refractivity contribution in [3.05, 3.63) is 34.4 Å². The van der Waals surface area contributed by atoms with Crippen molar-refractivity contribution in [2.24, 2.45) is 5.10 Å². The summed E-state index contributed by atoms with van der Waals surface area (Å²) >= 11 is 3.43. The first-order chi connectivity index (χ1) is 9.70. The molecule has 2 N–H and O–H groups in total. The van der Waals surface area contributed by atoms with E-state index in [1.807, 2.05) is 31.3 Å². The van der Waals surface area contributed by atoms with Gasteiger partial charge in [0.2, 0.25) is 0 Å². The molecule has 1 heterocycles. The first-order valence-corrected chi connectivity index (χ1v) is 7.22. The second-order valence-electron chi connectivity index (χ2n) is 4.29. The molecule has 0 saturated carbocycles. The van der Waals surface area contributed by atoms with Gasteiger partial charge in [0.1, 0.15) is 0 Å². The van der Waals surface area contributed by atoms with E-state index in [9.17, 15) is 4.79 Å². The van der Waals surface area contributed by atoms with Gasteiger partial charge in [-0.3, -0.25) is 0 Å². The Morgan fingerprint density at radius 2 is 2.40 bits per heavy atom. The Hall–Kier alpha value is -1.82. The van der Waals surface area contributed by atoms with Crippen molar-refractivity contribution in [2.75, 3.05) is 6.61 Å². The summed E-state index contributed by atoms with van der Waals surface area (Å²) in [5.74, 6) is 0. The molecule has 0 radical (unpaired) electrons. The molecule has 1 aromatic heterocycles. The minimum atomic E-state index is -0.532. The van der Waals surface area contributed by atoms with Crippen LogP contribution in [0.15, 0.2) is 34.0 Å². The maximum Gasteiger partial charge on any atom is 0.427 e. The molecule has 0 unspecified atom stereocenters. The van der Waals surface area contributed by atoms with E-state index in [1.165, 1.54) is 0 Å². The number of carbonyl (C=O) groups is 1. The second kappa shape index (κ2) is 7.09. The number of aromatic nitrogens is 1. The van der Waals surface area contributed by atoms with E-state index in [0.29, 0.717) is 6.61 Å². The lowest BCUT2D eigenvalue weighted by molar-refractivity contribution is 0.145. The second-order valence-corrected chi connectivity index (χ2v) is 5.21. The molecule has 1 amide bonds. The third-order valence-electron chi connectivity index (χ3n) is 2.77. The Balaban J connectivity index is 1.96. The monoisotopic (exact) mass is 337 g/mol. The number of H-pyrrole nitrogens is 1. The predicted molar refractivity (Wildman–Crippen MR) is 83.0 cm³/mol. The van der Waals surface area contributed by atoms with Gasteiger partial charge in [0.15, 0.2) is 0 Å². The SMILES string of the molecule is CCCCOC(=O)N/N=C/c1c[nH]c2ccc(Br)cc12. The fourth-order valence-corrected chi connectivity index (χ4v) is 2.08. The molecule has 2 aromatic rings. The summed E-state index contributed by atoms with van der Waals surface area (Å²) in [6.07, 6.45) is 4.74. The maximum atomic E-state index is 11.3. The molecule has 0 spiro atoms. The van der Waals surface area contributed by atoms with E-state index in [-0.39, 0.29) is 0 Å². The molecule has 0 atom stereocenters. The third kappa shape index (κ3) is 3.84. The minimum absolute atomic E-state index is 0.415. The first-order valence-electron chi connectivity index (χ1n) is 6.43. The Morgan fingerprint density at radius 3 is 3.20 bits per heavy atom. The van der Waals surface area contributed by atoms with E-state index >= 15 is 0 Å². The lowest BCUT2D eigenvalue weighted by atomic mass is 10.2. The fourth-order valence-electron chi connectivity index (χ4n) is 1.72. The zero-order chi connectivity index (χ0) is 14.4. The number of nitrogens with one attached hydrogen (secondary N) is 2. The fraction of sp³-hybridized carbons (Fsp3) is 0.286. The summed E-state index contributed by atoms with van der Waals surface area (Å²) in [4.78, 5) is 14.4. The summed E-state index contributed by atoms with van der Waals surface area (Å²) in [7, 11) is 0. The number of rotatable bonds is 5. The van der Waals surface area contributed by atoms with Crippen LogP contribution in [0.5, 0.6) is 0 Å². The van der Waals surface area contributed by atoms with Gasteiger partial charge >= 0.3 is 6.09 Å². The Morgan fingerprint density at radius 1 is 1.55 bits per heavy atom. The number of nitrogens with zero attached hydrogens (tertiary/aromatic N) is 1. The average Bonchev–Trinajstić information content (AvgIpc) is 2.82. The molecule has 5 nitrogen and oxygen atoms in total. The number of hydrogen-bond acceptors (Lipinski definition) is 3. The van der Waals surface area contributed by atoms with E-state index in [4.69, 9.17) is 4.74 Å². The van der Waals surface area contributed by atoms with E-state index in [1.54, 1.807) is 6.21 Å².